The molecule has 0 saturated carbocycles. The van der Waals surface area contributed by atoms with E-state index in [4.69, 9.17) is 10.7 Å². The summed E-state index contributed by atoms with van der Waals surface area (Å²) in [6, 6.07) is 2.40. The van der Waals surface area contributed by atoms with Crippen LogP contribution in [0.4, 0.5) is 13.2 Å². The van der Waals surface area contributed by atoms with Gasteiger partial charge >= 0.3 is 5.97 Å². The molecular weight excluding hydrogens is 379 g/mol. The average molecular weight is 391 g/mol. The lowest BCUT2D eigenvalue weighted by Gasteiger charge is -2.09. The minimum atomic E-state index is -4.70. The molecule has 2 N–H and O–H groups in total. The van der Waals surface area contributed by atoms with Crippen LogP contribution in [0.1, 0.15) is 6.92 Å². The van der Waals surface area contributed by atoms with E-state index in [1.165, 1.54) is 13.0 Å². The zero-order valence-corrected chi connectivity index (χ0v) is 14.0. The third-order valence-corrected chi connectivity index (χ3v) is 4.37. The van der Waals surface area contributed by atoms with Crippen LogP contribution in [0, 0.1) is 40.1 Å². The van der Waals surface area contributed by atoms with E-state index in [1.807, 2.05) is 0 Å². The highest BCUT2D eigenvalue weighted by atomic mass is 32.2. The Morgan fingerprint density at radius 2 is 1.92 bits per heavy atom. The number of sulfonamides is 1. The summed E-state index contributed by atoms with van der Waals surface area (Å²) in [5.41, 5.74) is -0.261. The van der Waals surface area contributed by atoms with Crippen LogP contribution < -0.4 is 4.72 Å². The van der Waals surface area contributed by atoms with Gasteiger partial charge in [-0.25, -0.2) is 21.6 Å². The Balaban J connectivity index is 2.70. The van der Waals surface area contributed by atoms with Crippen LogP contribution in [0.2, 0.25) is 0 Å². The molecule has 0 amide bonds. The third kappa shape index (κ3) is 5.11. The fourth-order valence-corrected chi connectivity index (χ4v) is 2.68. The number of ketones is 1. The first-order valence-corrected chi connectivity index (χ1v) is 8.25. The standard InChI is InChI=1S/C14H12F3N3O5S/c1-7(19)8(4-18)10(21)6-25-12(22)5-20-26(23,24)11-3-2-9(15)13(16)14(11)17/h2-3,8,19-20H,5-6H2,1H3. The van der Waals surface area contributed by atoms with Crippen LogP contribution in [-0.4, -0.2) is 39.0 Å². The number of carbonyl (C=O) groups is 2. The molecule has 0 aliphatic heterocycles. The maximum Gasteiger partial charge on any atom is 0.321 e. The number of nitriles is 1. The lowest BCUT2D eigenvalue weighted by atomic mass is 10.0. The highest BCUT2D eigenvalue weighted by molar-refractivity contribution is 7.89. The monoisotopic (exact) mass is 391 g/mol. The normalized spacial score (nSPS) is 12.1. The van der Waals surface area contributed by atoms with E-state index in [0.29, 0.717) is 12.1 Å². The summed E-state index contributed by atoms with van der Waals surface area (Å²) in [5, 5.41) is 15.9. The van der Waals surface area contributed by atoms with E-state index >= 15 is 0 Å². The predicted molar refractivity (Wildman–Crippen MR) is 80.0 cm³/mol. The maximum absolute atomic E-state index is 13.5. The summed E-state index contributed by atoms with van der Waals surface area (Å²) in [7, 11) is -4.70. The number of hydrogen-bond acceptors (Lipinski definition) is 7. The molecule has 0 fully saturated rings. The maximum atomic E-state index is 13.5. The fourth-order valence-electron chi connectivity index (χ4n) is 1.64. The van der Waals surface area contributed by atoms with Crippen LogP contribution in [0.15, 0.2) is 17.0 Å². The SMILES string of the molecule is CC(=N)C(C#N)C(=O)COC(=O)CNS(=O)(=O)c1ccc(F)c(F)c1F. The average Bonchev–Trinajstić information content (AvgIpc) is 2.56. The van der Waals surface area contributed by atoms with Crippen LogP contribution in [0.25, 0.3) is 0 Å². The summed E-state index contributed by atoms with van der Waals surface area (Å²) in [5.74, 6) is -9.08. The molecule has 0 aromatic heterocycles. The first kappa shape index (κ1) is 21.3. The molecular formula is C14H12F3N3O5S. The van der Waals surface area contributed by atoms with E-state index in [2.05, 4.69) is 4.74 Å². The van der Waals surface area contributed by atoms with Crippen LogP contribution in [0.5, 0.6) is 0 Å². The Morgan fingerprint density at radius 3 is 2.46 bits per heavy atom. The number of benzene rings is 1. The smallest absolute Gasteiger partial charge is 0.321 e. The van der Waals surface area contributed by atoms with Crippen molar-refractivity contribution in [3.63, 3.8) is 0 Å². The first-order valence-electron chi connectivity index (χ1n) is 6.77. The second-order valence-electron chi connectivity index (χ2n) is 4.87. The number of rotatable bonds is 8. The summed E-state index contributed by atoms with van der Waals surface area (Å²) in [4.78, 5) is 21.8. The van der Waals surface area contributed by atoms with Gasteiger partial charge < -0.3 is 10.1 Å². The number of Topliss-reactive ketones (excluding diaryl/α,β-unsaturated/α-hetero) is 1. The van der Waals surface area contributed by atoms with Gasteiger partial charge in [0.05, 0.1) is 6.07 Å². The van der Waals surface area contributed by atoms with Crippen molar-refractivity contribution in [3.8, 4) is 6.07 Å². The molecule has 8 nitrogen and oxygen atoms in total. The molecule has 0 bridgehead atoms. The summed E-state index contributed by atoms with van der Waals surface area (Å²) < 4.78 is 69.1. The summed E-state index contributed by atoms with van der Waals surface area (Å²) >= 11 is 0. The van der Waals surface area contributed by atoms with Crippen molar-refractivity contribution in [3.05, 3.63) is 29.6 Å². The molecule has 26 heavy (non-hydrogen) atoms. The number of esters is 1. The van der Waals surface area contributed by atoms with Crippen molar-refractivity contribution in [1.82, 2.24) is 4.72 Å². The minimum absolute atomic E-state index is 0.261. The molecule has 0 saturated heterocycles. The number of ether oxygens (including phenoxy) is 1. The van der Waals surface area contributed by atoms with E-state index < -0.39 is 63.2 Å². The molecule has 1 atom stereocenters. The van der Waals surface area contributed by atoms with Gasteiger partial charge in [-0.05, 0) is 19.1 Å². The predicted octanol–water partition coefficient (Wildman–Crippen LogP) is 0.674. The largest absolute Gasteiger partial charge is 0.457 e. The lowest BCUT2D eigenvalue weighted by molar-refractivity contribution is -0.146. The Morgan fingerprint density at radius 1 is 1.31 bits per heavy atom. The van der Waals surface area contributed by atoms with Gasteiger partial charge in [0.15, 0.2) is 29.8 Å². The number of halogens is 3. The molecule has 140 valence electrons. The van der Waals surface area contributed by atoms with Crippen molar-refractivity contribution >= 4 is 27.5 Å². The van der Waals surface area contributed by atoms with Gasteiger partial charge in [0.1, 0.15) is 17.4 Å². The van der Waals surface area contributed by atoms with Crippen LogP contribution >= 0.6 is 0 Å². The Bertz CT molecular complexity index is 896. The number of carbonyl (C=O) groups excluding carboxylic acids is 2. The van der Waals surface area contributed by atoms with Gasteiger partial charge in [-0.1, -0.05) is 0 Å². The summed E-state index contributed by atoms with van der Waals surface area (Å²) in [6.45, 7) is -0.707. The quantitative estimate of drug-likeness (QED) is 0.380. The molecule has 1 aromatic carbocycles. The van der Waals surface area contributed by atoms with Gasteiger partial charge in [0.2, 0.25) is 10.0 Å². The Labute approximate surface area is 146 Å². The van der Waals surface area contributed by atoms with Gasteiger partial charge in [-0.15, -0.1) is 0 Å². The molecule has 12 heteroatoms. The Kier molecular flexibility index (Phi) is 6.99. The van der Waals surface area contributed by atoms with Crippen molar-refractivity contribution < 1.29 is 35.9 Å². The van der Waals surface area contributed by atoms with Crippen LogP contribution in [-0.2, 0) is 24.3 Å². The molecule has 0 spiro atoms. The topological polar surface area (TPSA) is 137 Å². The molecule has 1 rings (SSSR count). The van der Waals surface area contributed by atoms with Gasteiger partial charge in [0.25, 0.3) is 0 Å². The molecule has 0 aliphatic carbocycles. The van der Waals surface area contributed by atoms with Crippen molar-refractivity contribution in [2.24, 2.45) is 5.92 Å². The fraction of sp³-hybridized carbons (Fsp3) is 0.286. The zero-order chi connectivity index (χ0) is 20.1. The zero-order valence-electron chi connectivity index (χ0n) is 13.2. The minimum Gasteiger partial charge on any atom is -0.457 e. The summed E-state index contributed by atoms with van der Waals surface area (Å²) in [6.07, 6.45) is 0. The van der Waals surface area contributed by atoms with Gasteiger partial charge in [-0.2, -0.15) is 9.98 Å². The molecule has 1 unspecified atom stereocenters. The lowest BCUT2D eigenvalue weighted by Crippen LogP contribution is -2.33. The molecule has 0 radical (unpaired) electrons. The van der Waals surface area contributed by atoms with E-state index in [9.17, 15) is 31.2 Å². The highest BCUT2D eigenvalue weighted by Gasteiger charge is 2.25. The molecule has 0 heterocycles. The van der Waals surface area contributed by atoms with E-state index in [0.717, 1.165) is 0 Å². The Hall–Kier alpha value is -2.78. The van der Waals surface area contributed by atoms with E-state index in [1.54, 1.807) is 4.72 Å². The highest BCUT2D eigenvalue weighted by Crippen LogP contribution is 2.19. The van der Waals surface area contributed by atoms with Gasteiger partial charge in [-0.3, -0.25) is 9.59 Å². The molecule has 0 aliphatic rings. The molecule has 1 aromatic rings. The third-order valence-electron chi connectivity index (χ3n) is 2.96. The second kappa shape index (κ2) is 8.54. The van der Waals surface area contributed by atoms with Crippen molar-refractivity contribution in [1.29, 1.82) is 10.7 Å². The van der Waals surface area contributed by atoms with Crippen molar-refractivity contribution in [2.45, 2.75) is 11.8 Å². The van der Waals surface area contributed by atoms with E-state index in [-0.39, 0.29) is 5.71 Å². The number of hydrogen-bond donors (Lipinski definition) is 2. The van der Waals surface area contributed by atoms with Gasteiger partial charge in [0, 0.05) is 5.71 Å². The second-order valence-corrected chi connectivity index (χ2v) is 6.61. The van der Waals surface area contributed by atoms with Crippen LogP contribution in [0.3, 0.4) is 0 Å². The van der Waals surface area contributed by atoms with Crippen molar-refractivity contribution in [2.75, 3.05) is 13.2 Å². The number of nitrogens with one attached hydrogen (secondary N) is 2. The first-order chi connectivity index (χ1) is 12.0. The number of nitrogens with zero attached hydrogens (tertiary/aromatic N) is 1.